The summed E-state index contributed by atoms with van der Waals surface area (Å²) in [7, 11) is 2.86. The van der Waals surface area contributed by atoms with E-state index in [1.807, 2.05) is 12.1 Å². The van der Waals surface area contributed by atoms with Crippen LogP contribution in [0.1, 0.15) is 21.9 Å². The predicted octanol–water partition coefficient (Wildman–Crippen LogP) is 0.0178. The van der Waals surface area contributed by atoms with E-state index < -0.39 is 5.97 Å². The molecule has 2 aromatic heterocycles. The number of rotatable bonds is 6. The van der Waals surface area contributed by atoms with Crippen LogP contribution in [0.15, 0.2) is 18.2 Å². The van der Waals surface area contributed by atoms with Gasteiger partial charge in [-0.15, -0.1) is 5.10 Å². The van der Waals surface area contributed by atoms with Gasteiger partial charge in [0.1, 0.15) is 0 Å². The molecule has 8 nitrogen and oxygen atoms in total. The van der Waals surface area contributed by atoms with Crippen LogP contribution in [0.3, 0.4) is 0 Å². The summed E-state index contributed by atoms with van der Waals surface area (Å²) in [5.41, 5.74) is 7.15. The minimum atomic E-state index is -0.525. The Morgan fingerprint density at radius 3 is 2.86 bits per heavy atom. The number of pyridine rings is 1. The van der Waals surface area contributed by atoms with Crippen LogP contribution in [0.25, 0.3) is 0 Å². The van der Waals surface area contributed by atoms with Gasteiger partial charge in [-0.05, 0) is 12.6 Å². The monoisotopic (exact) mass is 291 g/mol. The lowest BCUT2D eigenvalue weighted by molar-refractivity contribution is 0.0592. The van der Waals surface area contributed by atoms with Crippen LogP contribution in [0.4, 0.5) is 0 Å². The molecule has 0 aliphatic carbocycles. The minimum absolute atomic E-state index is 0.186. The second-order valence-electron chi connectivity index (χ2n) is 4.24. The molecular formula is C13H17N5O3. The fraction of sp³-hybridized carbons (Fsp3) is 0.385. The molecule has 112 valence electrons. The predicted molar refractivity (Wildman–Crippen MR) is 74.0 cm³/mol. The number of hydrogen-bond donors (Lipinski definition) is 1. The van der Waals surface area contributed by atoms with Gasteiger partial charge in [0.2, 0.25) is 5.88 Å². The van der Waals surface area contributed by atoms with Crippen LogP contribution in [-0.4, -0.2) is 46.7 Å². The molecule has 0 aliphatic heterocycles. The van der Waals surface area contributed by atoms with E-state index in [1.165, 1.54) is 7.11 Å². The van der Waals surface area contributed by atoms with Gasteiger partial charge in [-0.2, -0.15) is 0 Å². The quantitative estimate of drug-likeness (QED) is 0.748. The summed E-state index contributed by atoms with van der Waals surface area (Å²) in [5, 5.41) is 7.85. The van der Waals surface area contributed by atoms with E-state index in [4.69, 9.17) is 15.2 Å². The van der Waals surface area contributed by atoms with Crippen molar-refractivity contribution in [3.05, 3.63) is 35.3 Å². The molecule has 0 saturated carbocycles. The highest BCUT2D eigenvalue weighted by molar-refractivity contribution is 5.88. The number of nitrogens with two attached hydrogens (primary N) is 1. The van der Waals surface area contributed by atoms with Crippen LogP contribution in [0.5, 0.6) is 5.88 Å². The number of aromatic nitrogens is 4. The third-order valence-electron chi connectivity index (χ3n) is 2.90. The number of hydrogen-bond acceptors (Lipinski definition) is 7. The maximum atomic E-state index is 11.7. The standard InChI is InChI=1S/C13H17N5O3/c1-20-11-5-3-4-9(15-11)8-18-10(6-7-14)12(16-17-18)13(19)21-2/h3-5H,6-8,14H2,1-2H3. The van der Waals surface area contributed by atoms with Gasteiger partial charge in [0.15, 0.2) is 5.69 Å². The van der Waals surface area contributed by atoms with E-state index in [1.54, 1.807) is 17.9 Å². The maximum Gasteiger partial charge on any atom is 0.360 e. The van der Waals surface area contributed by atoms with Crippen LogP contribution < -0.4 is 10.5 Å². The highest BCUT2D eigenvalue weighted by atomic mass is 16.5. The van der Waals surface area contributed by atoms with Gasteiger partial charge in [-0.1, -0.05) is 11.3 Å². The van der Waals surface area contributed by atoms with Crippen molar-refractivity contribution in [3.63, 3.8) is 0 Å². The lowest BCUT2D eigenvalue weighted by Gasteiger charge is -2.07. The molecule has 0 fully saturated rings. The highest BCUT2D eigenvalue weighted by Gasteiger charge is 2.20. The summed E-state index contributed by atoms with van der Waals surface area (Å²) in [6.45, 7) is 0.749. The molecule has 0 amide bonds. The van der Waals surface area contributed by atoms with Crippen molar-refractivity contribution in [2.24, 2.45) is 5.73 Å². The molecule has 2 aromatic rings. The molecule has 0 radical (unpaired) electrons. The summed E-state index contributed by atoms with van der Waals surface area (Å²) in [5.74, 6) is -0.00974. The fourth-order valence-corrected chi connectivity index (χ4v) is 1.91. The Hall–Kier alpha value is -2.48. The van der Waals surface area contributed by atoms with Crippen LogP contribution in [-0.2, 0) is 17.7 Å². The van der Waals surface area contributed by atoms with Crippen LogP contribution in [0, 0.1) is 0 Å². The van der Waals surface area contributed by atoms with E-state index >= 15 is 0 Å². The van der Waals surface area contributed by atoms with Gasteiger partial charge in [0, 0.05) is 12.5 Å². The minimum Gasteiger partial charge on any atom is -0.481 e. The Kier molecular flexibility index (Phi) is 4.83. The van der Waals surface area contributed by atoms with E-state index in [9.17, 15) is 4.79 Å². The summed E-state index contributed by atoms with van der Waals surface area (Å²) in [4.78, 5) is 16.0. The third kappa shape index (κ3) is 3.34. The first-order chi connectivity index (χ1) is 10.2. The average Bonchev–Trinajstić information content (AvgIpc) is 2.90. The summed E-state index contributed by atoms with van der Waals surface area (Å²) < 4.78 is 11.4. The normalized spacial score (nSPS) is 10.4. The zero-order valence-corrected chi connectivity index (χ0v) is 11.9. The number of nitrogens with zero attached hydrogens (tertiary/aromatic N) is 4. The van der Waals surface area contributed by atoms with Crippen molar-refractivity contribution < 1.29 is 14.3 Å². The maximum absolute atomic E-state index is 11.7. The molecule has 0 aromatic carbocycles. The van der Waals surface area contributed by atoms with E-state index in [0.717, 1.165) is 5.69 Å². The van der Waals surface area contributed by atoms with E-state index in [2.05, 4.69) is 15.3 Å². The first-order valence-electron chi connectivity index (χ1n) is 6.40. The van der Waals surface area contributed by atoms with Crippen LogP contribution in [0.2, 0.25) is 0 Å². The van der Waals surface area contributed by atoms with Crippen molar-refractivity contribution in [2.75, 3.05) is 20.8 Å². The summed E-state index contributed by atoms with van der Waals surface area (Å²) in [6, 6.07) is 5.43. The lowest BCUT2D eigenvalue weighted by Crippen LogP contribution is -2.15. The lowest BCUT2D eigenvalue weighted by atomic mass is 10.2. The molecule has 0 bridgehead atoms. The SMILES string of the molecule is COC(=O)c1nnn(Cc2cccc(OC)n2)c1CCN. The molecule has 8 heteroatoms. The second kappa shape index (κ2) is 6.80. The van der Waals surface area contributed by atoms with Gasteiger partial charge in [-0.25, -0.2) is 14.5 Å². The van der Waals surface area contributed by atoms with Crippen molar-refractivity contribution >= 4 is 5.97 Å². The number of methoxy groups -OCH3 is 2. The van der Waals surface area contributed by atoms with Gasteiger partial charge < -0.3 is 15.2 Å². The molecule has 21 heavy (non-hydrogen) atoms. The smallest absolute Gasteiger partial charge is 0.360 e. The summed E-state index contributed by atoms with van der Waals surface area (Å²) in [6.07, 6.45) is 0.474. The van der Waals surface area contributed by atoms with Crippen molar-refractivity contribution in [1.29, 1.82) is 0 Å². The third-order valence-corrected chi connectivity index (χ3v) is 2.90. The van der Waals surface area contributed by atoms with Crippen molar-refractivity contribution in [1.82, 2.24) is 20.0 Å². The zero-order valence-electron chi connectivity index (χ0n) is 11.9. The first-order valence-corrected chi connectivity index (χ1v) is 6.40. The van der Waals surface area contributed by atoms with Gasteiger partial charge >= 0.3 is 5.97 Å². The van der Waals surface area contributed by atoms with Crippen LogP contribution >= 0.6 is 0 Å². The Morgan fingerprint density at radius 1 is 1.38 bits per heavy atom. The molecule has 0 saturated heterocycles. The first kappa shape index (κ1) is 14.9. The Balaban J connectivity index is 2.30. The molecule has 0 aliphatic rings. The average molecular weight is 291 g/mol. The largest absolute Gasteiger partial charge is 0.481 e. The van der Waals surface area contributed by atoms with Crippen molar-refractivity contribution in [2.45, 2.75) is 13.0 Å². The Labute approximate surface area is 121 Å². The molecule has 0 atom stereocenters. The van der Waals surface area contributed by atoms with Gasteiger partial charge in [-0.3, -0.25) is 0 Å². The Bertz CT molecular complexity index is 626. The van der Waals surface area contributed by atoms with Gasteiger partial charge in [0.05, 0.1) is 32.2 Å². The second-order valence-corrected chi connectivity index (χ2v) is 4.24. The molecule has 2 rings (SSSR count). The zero-order chi connectivity index (χ0) is 15.2. The number of carbonyl (C=O) groups excluding carboxylic acids is 1. The number of ether oxygens (including phenoxy) is 2. The number of esters is 1. The topological polar surface area (TPSA) is 105 Å². The molecular weight excluding hydrogens is 274 g/mol. The molecule has 2 heterocycles. The summed E-state index contributed by atoms with van der Waals surface area (Å²) >= 11 is 0. The molecule has 0 unspecified atom stereocenters. The Morgan fingerprint density at radius 2 is 2.19 bits per heavy atom. The van der Waals surface area contributed by atoms with E-state index in [-0.39, 0.29) is 5.69 Å². The fourth-order valence-electron chi connectivity index (χ4n) is 1.91. The molecule has 2 N–H and O–H groups in total. The molecule has 0 spiro atoms. The van der Waals surface area contributed by atoms with Crippen molar-refractivity contribution in [3.8, 4) is 5.88 Å². The number of carbonyl (C=O) groups is 1. The highest BCUT2D eigenvalue weighted by Crippen LogP contribution is 2.12. The van der Waals surface area contributed by atoms with E-state index in [0.29, 0.717) is 31.1 Å². The van der Waals surface area contributed by atoms with Gasteiger partial charge in [0.25, 0.3) is 0 Å².